The van der Waals surface area contributed by atoms with Crippen LogP contribution in [-0.4, -0.2) is 54.8 Å². The molecule has 1 fully saturated rings. The lowest BCUT2D eigenvalue weighted by Crippen LogP contribution is -2.44. The molecule has 1 aliphatic rings. The summed E-state index contributed by atoms with van der Waals surface area (Å²) in [5.41, 5.74) is 1.27. The Morgan fingerprint density at radius 1 is 1.11 bits per heavy atom. The van der Waals surface area contributed by atoms with Gasteiger partial charge in [0.15, 0.2) is 0 Å². The number of nitrogens with zero attached hydrogens (tertiary/aromatic N) is 2. The molecule has 100 valence electrons. The van der Waals surface area contributed by atoms with E-state index >= 15 is 0 Å². The van der Waals surface area contributed by atoms with Crippen LogP contribution < -0.4 is 4.74 Å². The van der Waals surface area contributed by atoms with Crippen LogP contribution in [0, 0.1) is 6.92 Å². The first-order valence-corrected chi connectivity index (χ1v) is 7.67. The highest BCUT2D eigenvalue weighted by Crippen LogP contribution is 2.12. The molecule has 0 radical (unpaired) electrons. The zero-order valence-corrected chi connectivity index (χ0v) is 12.1. The van der Waals surface area contributed by atoms with Gasteiger partial charge in [-0.05, 0) is 25.3 Å². The van der Waals surface area contributed by atoms with E-state index in [4.69, 9.17) is 4.74 Å². The predicted molar refractivity (Wildman–Crippen MR) is 78.2 cm³/mol. The highest BCUT2D eigenvalue weighted by Gasteiger charge is 2.15. The van der Waals surface area contributed by atoms with E-state index in [9.17, 15) is 0 Å². The van der Waals surface area contributed by atoms with Crippen LogP contribution >= 0.6 is 11.9 Å². The van der Waals surface area contributed by atoms with Gasteiger partial charge in [-0.25, -0.2) is 4.31 Å². The fraction of sp³-hybridized carbons (Fsp3) is 0.571. The highest BCUT2D eigenvalue weighted by atomic mass is 32.2. The first-order chi connectivity index (χ1) is 8.78. The molecule has 18 heavy (non-hydrogen) atoms. The van der Waals surface area contributed by atoms with E-state index in [0.717, 1.165) is 45.1 Å². The SMILES string of the molecule is CSN1CCN(CCOc2ccc(C)cc2)CC1. The fourth-order valence-corrected chi connectivity index (χ4v) is 2.59. The monoisotopic (exact) mass is 266 g/mol. The van der Waals surface area contributed by atoms with Crippen molar-refractivity contribution in [1.82, 2.24) is 9.21 Å². The van der Waals surface area contributed by atoms with E-state index in [-0.39, 0.29) is 0 Å². The van der Waals surface area contributed by atoms with E-state index < -0.39 is 0 Å². The number of ether oxygens (including phenoxy) is 1. The van der Waals surface area contributed by atoms with Crippen LogP contribution in [0.5, 0.6) is 5.75 Å². The lowest BCUT2D eigenvalue weighted by molar-refractivity contribution is 0.164. The van der Waals surface area contributed by atoms with Crippen molar-refractivity contribution in [1.29, 1.82) is 0 Å². The van der Waals surface area contributed by atoms with Crippen molar-refractivity contribution in [3.8, 4) is 5.75 Å². The normalized spacial score (nSPS) is 17.9. The smallest absolute Gasteiger partial charge is 0.119 e. The van der Waals surface area contributed by atoms with Crippen LogP contribution in [0.15, 0.2) is 24.3 Å². The van der Waals surface area contributed by atoms with E-state index in [2.05, 4.69) is 34.5 Å². The summed E-state index contributed by atoms with van der Waals surface area (Å²) in [6.45, 7) is 8.51. The second-order valence-electron chi connectivity index (χ2n) is 4.61. The molecule has 0 spiro atoms. The van der Waals surface area contributed by atoms with Crippen molar-refractivity contribution in [3.63, 3.8) is 0 Å². The number of hydrogen-bond donors (Lipinski definition) is 0. The lowest BCUT2D eigenvalue weighted by atomic mass is 10.2. The van der Waals surface area contributed by atoms with Crippen molar-refractivity contribution in [2.24, 2.45) is 0 Å². The summed E-state index contributed by atoms with van der Waals surface area (Å²) in [5, 5.41) is 0. The zero-order valence-electron chi connectivity index (χ0n) is 11.3. The topological polar surface area (TPSA) is 15.7 Å². The summed E-state index contributed by atoms with van der Waals surface area (Å²) in [4.78, 5) is 2.47. The van der Waals surface area contributed by atoms with Gasteiger partial charge in [0, 0.05) is 32.7 Å². The van der Waals surface area contributed by atoms with Crippen molar-refractivity contribution >= 4 is 11.9 Å². The maximum atomic E-state index is 5.76. The number of rotatable bonds is 5. The minimum Gasteiger partial charge on any atom is -0.492 e. The molecule has 1 heterocycles. The third-order valence-electron chi connectivity index (χ3n) is 3.29. The third kappa shape index (κ3) is 4.19. The Morgan fingerprint density at radius 3 is 2.39 bits per heavy atom. The summed E-state index contributed by atoms with van der Waals surface area (Å²) in [7, 11) is 0. The van der Waals surface area contributed by atoms with Crippen molar-refractivity contribution < 1.29 is 4.74 Å². The van der Waals surface area contributed by atoms with Gasteiger partial charge in [0.1, 0.15) is 12.4 Å². The van der Waals surface area contributed by atoms with Gasteiger partial charge in [-0.1, -0.05) is 29.6 Å². The molecule has 0 aliphatic carbocycles. The molecule has 3 nitrogen and oxygen atoms in total. The van der Waals surface area contributed by atoms with Gasteiger partial charge in [-0.15, -0.1) is 0 Å². The fourth-order valence-electron chi connectivity index (χ4n) is 2.06. The molecule has 4 heteroatoms. The van der Waals surface area contributed by atoms with Crippen LogP contribution in [0.25, 0.3) is 0 Å². The number of aryl methyl sites for hydroxylation is 1. The van der Waals surface area contributed by atoms with Crippen LogP contribution in [0.3, 0.4) is 0 Å². The number of piperazine rings is 1. The predicted octanol–water partition coefficient (Wildman–Crippen LogP) is 2.27. The Bertz CT molecular complexity index is 347. The Morgan fingerprint density at radius 2 is 1.78 bits per heavy atom. The van der Waals surface area contributed by atoms with Crippen molar-refractivity contribution in [2.75, 3.05) is 45.6 Å². The van der Waals surface area contributed by atoms with Gasteiger partial charge in [-0.3, -0.25) is 4.90 Å². The highest BCUT2D eigenvalue weighted by molar-refractivity contribution is 7.96. The second kappa shape index (κ2) is 7.02. The molecule has 0 N–H and O–H groups in total. The van der Waals surface area contributed by atoms with Crippen LogP contribution in [0.4, 0.5) is 0 Å². The van der Waals surface area contributed by atoms with E-state index in [1.54, 1.807) is 0 Å². The first-order valence-electron chi connectivity index (χ1n) is 6.49. The molecule has 0 saturated carbocycles. The molecular weight excluding hydrogens is 244 g/mol. The molecule has 0 aromatic heterocycles. The van der Waals surface area contributed by atoms with Gasteiger partial charge >= 0.3 is 0 Å². The molecule has 0 bridgehead atoms. The van der Waals surface area contributed by atoms with Gasteiger partial charge < -0.3 is 4.74 Å². The van der Waals surface area contributed by atoms with E-state index in [1.807, 2.05) is 24.1 Å². The molecule has 1 aliphatic heterocycles. The molecule has 1 aromatic carbocycles. The summed E-state index contributed by atoms with van der Waals surface area (Å²) in [6, 6.07) is 8.27. The van der Waals surface area contributed by atoms with Crippen molar-refractivity contribution in [2.45, 2.75) is 6.92 Å². The van der Waals surface area contributed by atoms with Crippen LogP contribution in [0.2, 0.25) is 0 Å². The summed E-state index contributed by atoms with van der Waals surface area (Å²) in [6.07, 6.45) is 2.15. The standard InChI is InChI=1S/C14H22N2OS/c1-13-3-5-14(6-4-13)17-12-11-15-7-9-16(18-2)10-8-15/h3-6H,7-12H2,1-2H3. The maximum Gasteiger partial charge on any atom is 0.119 e. The van der Waals surface area contributed by atoms with Gasteiger partial charge in [0.25, 0.3) is 0 Å². The Balaban J connectivity index is 1.65. The van der Waals surface area contributed by atoms with Crippen molar-refractivity contribution in [3.05, 3.63) is 29.8 Å². The average Bonchev–Trinajstić information content (AvgIpc) is 2.42. The number of hydrogen-bond acceptors (Lipinski definition) is 4. The molecule has 0 unspecified atom stereocenters. The van der Waals surface area contributed by atoms with Crippen LogP contribution in [-0.2, 0) is 0 Å². The minimum absolute atomic E-state index is 0.780. The first kappa shape index (κ1) is 13.7. The number of benzene rings is 1. The molecule has 2 rings (SSSR count). The molecule has 1 saturated heterocycles. The van der Waals surface area contributed by atoms with Gasteiger partial charge in [0.05, 0.1) is 0 Å². The molecule has 0 amide bonds. The largest absolute Gasteiger partial charge is 0.492 e. The quantitative estimate of drug-likeness (QED) is 0.759. The molecular formula is C14H22N2OS. The maximum absolute atomic E-state index is 5.76. The van der Waals surface area contributed by atoms with Gasteiger partial charge in [0.2, 0.25) is 0 Å². The summed E-state index contributed by atoms with van der Waals surface area (Å²) < 4.78 is 8.17. The zero-order chi connectivity index (χ0) is 12.8. The van der Waals surface area contributed by atoms with E-state index in [0.29, 0.717) is 0 Å². The van der Waals surface area contributed by atoms with Gasteiger partial charge in [-0.2, -0.15) is 0 Å². The van der Waals surface area contributed by atoms with Crippen LogP contribution in [0.1, 0.15) is 5.56 Å². The Labute approximate surface area is 114 Å². The third-order valence-corrected chi connectivity index (χ3v) is 4.17. The second-order valence-corrected chi connectivity index (χ2v) is 5.50. The minimum atomic E-state index is 0.780. The molecule has 0 atom stereocenters. The lowest BCUT2D eigenvalue weighted by Gasteiger charge is -2.32. The Kier molecular flexibility index (Phi) is 5.35. The summed E-state index contributed by atoms with van der Waals surface area (Å²) >= 11 is 1.85. The van der Waals surface area contributed by atoms with E-state index in [1.165, 1.54) is 5.56 Å². The molecule has 1 aromatic rings. The summed E-state index contributed by atoms with van der Waals surface area (Å²) in [5.74, 6) is 0.975. The Hall–Kier alpha value is -0.710. The average molecular weight is 266 g/mol.